The molecule has 0 aliphatic rings. The van der Waals surface area contributed by atoms with Crippen LogP contribution in [0.3, 0.4) is 0 Å². The highest BCUT2D eigenvalue weighted by Gasteiger charge is 2.15. The van der Waals surface area contributed by atoms with Crippen LogP contribution in [0.4, 0.5) is 4.39 Å². The predicted octanol–water partition coefficient (Wildman–Crippen LogP) is 2.14. The Bertz CT molecular complexity index is 390. The first-order chi connectivity index (χ1) is 6.50. The van der Waals surface area contributed by atoms with Gasteiger partial charge in [-0.15, -0.1) is 0 Å². The fourth-order valence-electron chi connectivity index (χ4n) is 0.944. The summed E-state index contributed by atoms with van der Waals surface area (Å²) in [7, 11) is 0. The SMILES string of the molecule is O=C(O)CC(=O)c1cc(Cl)ccc1F. The molecule has 1 aromatic rings. The molecule has 0 amide bonds. The van der Waals surface area contributed by atoms with Crippen LogP contribution in [0.2, 0.25) is 5.02 Å². The molecule has 1 aromatic carbocycles. The highest BCUT2D eigenvalue weighted by atomic mass is 35.5. The third kappa shape index (κ3) is 2.53. The van der Waals surface area contributed by atoms with Crippen molar-refractivity contribution in [3.63, 3.8) is 0 Å². The number of rotatable bonds is 3. The van der Waals surface area contributed by atoms with Crippen LogP contribution in [0, 0.1) is 5.82 Å². The van der Waals surface area contributed by atoms with E-state index in [1.807, 2.05) is 0 Å². The number of carbonyl (C=O) groups is 2. The van der Waals surface area contributed by atoms with Crippen molar-refractivity contribution in [3.8, 4) is 0 Å². The zero-order valence-corrected chi connectivity index (χ0v) is 7.71. The topological polar surface area (TPSA) is 54.4 Å². The summed E-state index contributed by atoms with van der Waals surface area (Å²) >= 11 is 5.53. The molecule has 0 spiro atoms. The lowest BCUT2D eigenvalue weighted by molar-refractivity contribution is -0.135. The van der Waals surface area contributed by atoms with E-state index in [9.17, 15) is 14.0 Å². The number of hydrogen-bond acceptors (Lipinski definition) is 2. The molecule has 74 valence electrons. The molecule has 5 heteroatoms. The molecule has 0 fully saturated rings. The van der Waals surface area contributed by atoms with Gasteiger partial charge >= 0.3 is 5.97 Å². The third-order valence-corrected chi connectivity index (χ3v) is 1.78. The normalized spacial score (nSPS) is 9.86. The minimum absolute atomic E-state index is 0.195. The summed E-state index contributed by atoms with van der Waals surface area (Å²) < 4.78 is 13.0. The molecule has 0 aromatic heterocycles. The van der Waals surface area contributed by atoms with Crippen molar-refractivity contribution < 1.29 is 19.1 Å². The van der Waals surface area contributed by atoms with Gasteiger partial charge in [0.25, 0.3) is 0 Å². The van der Waals surface area contributed by atoms with Gasteiger partial charge < -0.3 is 5.11 Å². The number of Topliss-reactive ketones (excluding diaryl/α,β-unsaturated/α-hetero) is 1. The Balaban J connectivity index is 3.00. The van der Waals surface area contributed by atoms with Crippen molar-refractivity contribution in [1.82, 2.24) is 0 Å². The zero-order chi connectivity index (χ0) is 10.7. The van der Waals surface area contributed by atoms with E-state index < -0.39 is 24.0 Å². The quantitative estimate of drug-likeness (QED) is 0.622. The number of hydrogen-bond donors (Lipinski definition) is 1. The molecule has 0 bridgehead atoms. The van der Waals surface area contributed by atoms with Gasteiger partial charge in [-0.1, -0.05) is 11.6 Å². The Kier molecular flexibility index (Phi) is 3.19. The first-order valence-corrected chi connectivity index (χ1v) is 4.08. The van der Waals surface area contributed by atoms with Gasteiger partial charge in [0.15, 0.2) is 5.78 Å². The first-order valence-electron chi connectivity index (χ1n) is 3.70. The summed E-state index contributed by atoms with van der Waals surface area (Å²) in [5, 5.41) is 8.52. The van der Waals surface area contributed by atoms with Crippen molar-refractivity contribution in [2.75, 3.05) is 0 Å². The average molecular weight is 217 g/mol. The van der Waals surface area contributed by atoms with Crippen LogP contribution in [-0.4, -0.2) is 16.9 Å². The summed E-state index contributed by atoms with van der Waals surface area (Å²) in [5.74, 6) is -2.85. The molecule has 0 aliphatic heterocycles. The van der Waals surface area contributed by atoms with E-state index in [0.29, 0.717) is 0 Å². The van der Waals surface area contributed by atoms with Crippen LogP contribution in [0.25, 0.3) is 0 Å². The summed E-state index contributed by atoms with van der Waals surface area (Å²) in [5.41, 5.74) is -0.292. The van der Waals surface area contributed by atoms with E-state index in [1.165, 1.54) is 6.07 Å². The smallest absolute Gasteiger partial charge is 0.311 e. The maximum absolute atomic E-state index is 13.0. The molecule has 0 heterocycles. The van der Waals surface area contributed by atoms with Crippen molar-refractivity contribution in [3.05, 3.63) is 34.6 Å². The lowest BCUT2D eigenvalue weighted by atomic mass is 10.1. The largest absolute Gasteiger partial charge is 0.481 e. The first kappa shape index (κ1) is 10.7. The van der Waals surface area contributed by atoms with E-state index in [4.69, 9.17) is 16.7 Å². The number of carboxylic acid groups (broad SMARTS) is 1. The highest BCUT2D eigenvalue weighted by Crippen LogP contribution is 2.16. The van der Waals surface area contributed by atoms with Gasteiger partial charge in [0.05, 0.1) is 5.56 Å². The number of halogens is 2. The second-order valence-corrected chi connectivity index (χ2v) is 3.05. The van der Waals surface area contributed by atoms with E-state index in [-0.39, 0.29) is 10.6 Å². The predicted molar refractivity (Wildman–Crippen MR) is 48.0 cm³/mol. The van der Waals surface area contributed by atoms with Crippen LogP contribution in [-0.2, 0) is 4.79 Å². The second kappa shape index (κ2) is 4.19. The standard InChI is InChI=1S/C9H6ClFO3/c10-5-1-2-7(11)6(3-5)8(12)4-9(13)14/h1-3H,4H2,(H,13,14). The monoisotopic (exact) mass is 216 g/mol. The Morgan fingerprint density at radius 3 is 2.64 bits per heavy atom. The maximum Gasteiger partial charge on any atom is 0.311 e. The molecular weight excluding hydrogens is 211 g/mol. The van der Waals surface area contributed by atoms with Gasteiger partial charge in [-0.3, -0.25) is 9.59 Å². The van der Waals surface area contributed by atoms with Crippen LogP contribution >= 0.6 is 11.6 Å². The van der Waals surface area contributed by atoms with Crippen molar-refractivity contribution in [2.24, 2.45) is 0 Å². The average Bonchev–Trinajstić information content (AvgIpc) is 2.08. The molecule has 14 heavy (non-hydrogen) atoms. The van der Waals surface area contributed by atoms with Gasteiger partial charge in [0.1, 0.15) is 12.2 Å². The van der Waals surface area contributed by atoms with Gasteiger partial charge in [-0.05, 0) is 18.2 Å². The molecule has 0 saturated carbocycles. The molecule has 0 unspecified atom stereocenters. The number of carbonyl (C=O) groups excluding carboxylic acids is 1. The molecule has 0 aliphatic carbocycles. The fourth-order valence-corrected chi connectivity index (χ4v) is 1.12. The van der Waals surface area contributed by atoms with E-state index >= 15 is 0 Å². The minimum atomic E-state index is -1.30. The zero-order valence-electron chi connectivity index (χ0n) is 6.96. The minimum Gasteiger partial charge on any atom is -0.481 e. The molecule has 1 N–H and O–H groups in total. The summed E-state index contributed by atoms with van der Waals surface area (Å²) in [6.45, 7) is 0. The highest BCUT2D eigenvalue weighted by molar-refractivity contribution is 6.31. The number of carboxylic acids is 1. The summed E-state index contributed by atoms with van der Waals surface area (Å²) in [6.07, 6.45) is -0.739. The van der Waals surface area contributed by atoms with E-state index in [0.717, 1.165) is 12.1 Å². The van der Waals surface area contributed by atoms with E-state index in [2.05, 4.69) is 0 Å². The van der Waals surface area contributed by atoms with Crippen LogP contribution < -0.4 is 0 Å². The molecule has 0 saturated heterocycles. The van der Waals surface area contributed by atoms with Crippen LogP contribution in [0.5, 0.6) is 0 Å². The van der Waals surface area contributed by atoms with Gasteiger partial charge in [0, 0.05) is 5.02 Å². The molecule has 0 atom stereocenters. The Hall–Kier alpha value is -1.42. The van der Waals surface area contributed by atoms with Crippen LogP contribution in [0.1, 0.15) is 16.8 Å². The molecule has 1 rings (SSSR count). The summed E-state index contributed by atoms with van der Waals surface area (Å²) in [4.78, 5) is 21.4. The summed E-state index contributed by atoms with van der Waals surface area (Å²) in [6, 6.07) is 3.42. The molecular formula is C9H6ClFO3. The Labute approximate surface area is 84.1 Å². The number of benzene rings is 1. The lowest BCUT2D eigenvalue weighted by Crippen LogP contribution is -2.08. The molecule has 0 radical (unpaired) electrons. The Morgan fingerprint density at radius 2 is 2.07 bits per heavy atom. The lowest BCUT2D eigenvalue weighted by Gasteiger charge is -2.00. The van der Waals surface area contributed by atoms with Crippen molar-refractivity contribution in [2.45, 2.75) is 6.42 Å². The number of ketones is 1. The van der Waals surface area contributed by atoms with Gasteiger partial charge in [-0.25, -0.2) is 4.39 Å². The second-order valence-electron chi connectivity index (χ2n) is 2.62. The van der Waals surface area contributed by atoms with Crippen molar-refractivity contribution in [1.29, 1.82) is 0 Å². The van der Waals surface area contributed by atoms with Crippen LogP contribution in [0.15, 0.2) is 18.2 Å². The number of aliphatic carboxylic acids is 1. The van der Waals surface area contributed by atoms with E-state index in [1.54, 1.807) is 0 Å². The molecule has 3 nitrogen and oxygen atoms in total. The maximum atomic E-state index is 13.0. The van der Waals surface area contributed by atoms with Crippen molar-refractivity contribution >= 4 is 23.4 Å². The van der Waals surface area contributed by atoms with Gasteiger partial charge in [-0.2, -0.15) is 0 Å². The third-order valence-electron chi connectivity index (χ3n) is 1.54. The van der Waals surface area contributed by atoms with Gasteiger partial charge in [0.2, 0.25) is 0 Å². The fraction of sp³-hybridized carbons (Fsp3) is 0.111. The Morgan fingerprint density at radius 1 is 1.43 bits per heavy atom.